The molecular formula is C26H30F4N4O4. The van der Waals surface area contributed by atoms with E-state index in [0.29, 0.717) is 36.0 Å². The van der Waals surface area contributed by atoms with Crippen molar-refractivity contribution in [1.82, 2.24) is 15.2 Å². The van der Waals surface area contributed by atoms with Gasteiger partial charge in [-0.05, 0) is 37.5 Å². The largest absolute Gasteiger partial charge is 0.416 e. The molecule has 2 aliphatic rings. The van der Waals surface area contributed by atoms with Gasteiger partial charge in [-0.25, -0.2) is 4.39 Å². The fourth-order valence-corrected chi connectivity index (χ4v) is 4.84. The van der Waals surface area contributed by atoms with E-state index < -0.39 is 41.5 Å². The molecule has 0 aliphatic carbocycles. The molecule has 8 nitrogen and oxygen atoms in total. The van der Waals surface area contributed by atoms with Gasteiger partial charge in [0.05, 0.1) is 48.9 Å². The van der Waals surface area contributed by atoms with Crippen LogP contribution in [-0.4, -0.2) is 65.8 Å². The molecule has 38 heavy (non-hydrogen) atoms. The number of carbonyl (C=O) groups is 2. The average molecular weight is 539 g/mol. The summed E-state index contributed by atoms with van der Waals surface area (Å²) >= 11 is 0. The van der Waals surface area contributed by atoms with Crippen molar-refractivity contribution in [2.24, 2.45) is 11.8 Å². The highest BCUT2D eigenvalue weighted by molar-refractivity contribution is 6.02. The number of ether oxygens (including phenoxy) is 1. The van der Waals surface area contributed by atoms with Crippen molar-refractivity contribution in [2.75, 3.05) is 38.2 Å². The topological polar surface area (TPSA) is 104 Å². The fraction of sp³-hybridized carbons (Fsp3) is 0.500. The van der Waals surface area contributed by atoms with Gasteiger partial charge in [0.1, 0.15) is 11.9 Å². The minimum atomic E-state index is -4.70. The summed E-state index contributed by atoms with van der Waals surface area (Å²) in [4.78, 5) is 32.8. The first-order chi connectivity index (χ1) is 18.0. The predicted molar refractivity (Wildman–Crippen MR) is 130 cm³/mol. The first-order valence-electron chi connectivity index (χ1n) is 12.4. The lowest BCUT2D eigenvalue weighted by molar-refractivity contribution is -0.138. The predicted octanol–water partition coefficient (Wildman–Crippen LogP) is 3.31. The fourth-order valence-electron chi connectivity index (χ4n) is 4.84. The van der Waals surface area contributed by atoms with Crippen molar-refractivity contribution < 1.29 is 37.0 Å². The van der Waals surface area contributed by atoms with Crippen LogP contribution in [0.15, 0.2) is 30.5 Å². The van der Waals surface area contributed by atoms with Crippen LogP contribution in [0.25, 0.3) is 0 Å². The highest BCUT2D eigenvalue weighted by atomic mass is 19.4. The molecule has 0 unspecified atom stereocenters. The van der Waals surface area contributed by atoms with Crippen molar-refractivity contribution in [2.45, 2.75) is 38.5 Å². The number of carbonyl (C=O) groups excluding carboxylic acids is 2. The van der Waals surface area contributed by atoms with Crippen molar-refractivity contribution in [3.05, 3.63) is 58.7 Å². The second kappa shape index (κ2) is 11.2. The van der Waals surface area contributed by atoms with Crippen LogP contribution in [0.4, 0.5) is 23.2 Å². The number of halogens is 4. The Morgan fingerprint density at radius 2 is 2.00 bits per heavy atom. The number of aliphatic hydroxyl groups excluding tert-OH is 1. The molecular weight excluding hydrogens is 508 g/mol. The van der Waals surface area contributed by atoms with Crippen LogP contribution in [-0.2, 0) is 15.7 Å². The number of likely N-dealkylation sites (tertiary alicyclic amines) is 1. The Labute approximate surface area is 217 Å². The van der Waals surface area contributed by atoms with E-state index in [9.17, 15) is 32.3 Å². The summed E-state index contributed by atoms with van der Waals surface area (Å²) < 4.78 is 59.2. The second-order valence-electron chi connectivity index (χ2n) is 9.85. The molecule has 0 bridgehead atoms. The minimum Gasteiger partial charge on any atom is -0.395 e. The lowest BCUT2D eigenvalue weighted by Gasteiger charge is -2.36. The number of benzene rings is 1. The smallest absolute Gasteiger partial charge is 0.395 e. The summed E-state index contributed by atoms with van der Waals surface area (Å²) in [6.07, 6.45) is -2.84. The number of hydrogen-bond donors (Lipinski definition) is 3. The Hall–Kier alpha value is -3.25. The summed E-state index contributed by atoms with van der Waals surface area (Å²) in [6, 6.07) is 2.08. The molecule has 3 N–H and O–H groups in total. The van der Waals surface area contributed by atoms with E-state index >= 15 is 0 Å². The van der Waals surface area contributed by atoms with Crippen molar-refractivity contribution >= 4 is 17.5 Å². The molecule has 2 amide bonds. The maximum Gasteiger partial charge on any atom is 0.416 e. The summed E-state index contributed by atoms with van der Waals surface area (Å²) in [5.74, 6) is -2.32. The molecule has 0 saturated carbocycles. The monoisotopic (exact) mass is 538 g/mol. The van der Waals surface area contributed by atoms with Crippen LogP contribution in [0.1, 0.15) is 46.6 Å². The van der Waals surface area contributed by atoms with Crippen molar-refractivity contribution in [3.63, 3.8) is 0 Å². The maximum absolute atomic E-state index is 14.9. The van der Waals surface area contributed by atoms with Crippen LogP contribution in [0.2, 0.25) is 0 Å². The van der Waals surface area contributed by atoms with Crippen LogP contribution >= 0.6 is 0 Å². The van der Waals surface area contributed by atoms with E-state index in [2.05, 4.69) is 15.6 Å². The van der Waals surface area contributed by atoms with Crippen LogP contribution in [0.3, 0.4) is 0 Å². The zero-order valence-electron chi connectivity index (χ0n) is 21.0. The number of aromatic nitrogens is 1. The number of amides is 2. The van der Waals surface area contributed by atoms with Crippen molar-refractivity contribution in [1.29, 1.82) is 0 Å². The number of hydrogen-bond acceptors (Lipinski definition) is 6. The molecule has 0 radical (unpaired) electrons. The number of aliphatic hydroxyl groups is 1. The molecule has 12 heteroatoms. The molecule has 1 aromatic carbocycles. The lowest BCUT2D eigenvalue weighted by atomic mass is 9.90. The first kappa shape index (κ1) is 27.8. The third kappa shape index (κ3) is 5.91. The van der Waals surface area contributed by atoms with Crippen LogP contribution in [0.5, 0.6) is 0 Å². The summed E-state index contributed by atoms with van der Waals surface area (Å²) in [7, 11) is 0. The van der Waals surface area contributed by atoms with Gasteiger partial charge in [0.2, 0.25) is 5.91 Å². The van der Waals surface area contributed by atoms with Gasteiger partial charge in [0, 0.05) is 30.3 Å². The molecule has 2 aliphatic heterocycles. The molecule has 4 rings (SSSR count). The number of pyridine rings is 1. The maximum atomic E-state index is 14.9. The number of rotatable bonds is 8. The number of anilines is 1. The Morgan fingerprint density at radius 1 is 1.26 bits per heavy atom. The Kier molecular flexibility index (Phi) is 8.22. The number of alkyl halides is 3. The third-order valence-electron chi connectivity index (χ3n) is 6.87. The van der Waals surface area contributed by atoms with Gasteiger partial charge in [-0.2, -0.15) is 13.2 Å². The molecule has 2 saturated heterocycles. The molecule has 206 valence electrons. The van der Waals surface area contributed by atoms with Gasteiger partial charge in [0.15, 0.2) is 0 Å². The molecule has 0 spiro atoms. The molecule has 3 atom stereocenters. The highest BCUT2D eigenvalue weighted by Crippen LogP contribution is 2.35. The Bertz CT molecular complexity index is 1190. The Morgan fingerprint density at radius 3 is 2.61 bits per heavy atom. The van der Waals surface area contributed by atoms with Gasteiger partial charge < -0.3 is 25.4 Å². The van der Waals surface area contributed by atoms with E-state index in [1.807, 2.05) is 6.92 Å². The molecule has 2 aromatic rings. The van der Waals surface area contributed by atoms with E-state index in [-0.39, 0.29) is 43.8 Å². The first-order valence-corrected chi connectivity index (χ1v) is 12.4. The normalized spacial score (nSPS) is 20.7. The SMILES string of the molecule is Cc1cc(C(=O)N2C[C@H](C)C[C@@H]2C(=O)N[C@@H](c2ccc(C(F)(F)F)cc2F)C2COC2)c(NCCO)cn1. The number of nitrogens with one attached hydrogen (secondary N) is 2. The van der Waals surface area contributed by atoms with Gasteiger partial charge in [-0.15, -0.1) is 0 Å². The molecule has 3 heterocycles. The van der Waals surface area contributed by atoms with Crippen molar-refractivity contribution in [3.8, 4) is 0 Å². The quantitative estimate of drug-likeness (QED) is 0.446. The number of aryl methyl sites for hydroxylation is 1. The zero-order chi connectivity index (χ0) is 27.6. The number of nitrogens with zero attached hydrogens (tertiary/aromatic N) is 2. The lowest BCUT2D eigenvalue weighted by Crippen LogP contribution is -2.50. The van der Waals surface area contributed by atoms with E-state index in [4.69, 9.17) is 4.74 Å². The summed E-state index contributed by atoms with van der Waals surface area (Å²) in [5, 5.41) is 14.9. The Balaban J connectivity index is 1.59. The standard InChI is InChI=1S/C26H30F4N4O4/c1-14-7-22(34(11-14)25(37)19-8-15(2)32-10-21(19)31-5-6-35)24(36)33-23(16-12-38-13-16)18-4-3-17(9-20(18)27)26(28,29)30/h3-4,8-10,14,16,22-23,31,35H,5-7,11-13H2,1-2H3,(H,33,36)/t14-,22-,23-/m1/s1. The summed E-state index contributed by atoms with van der Waals surface area (Å²) in [6.45, 7) is 4.42. The summed E-state index contributed by atoms with van der Waals surface area (Å²) in [5.41, 5.74) is 0.136. The van der Waals surface area contributed by atoms with Gasteiger partial charge in [-0.1, -0.05) is 13.0 Å². The molecule has 1 aromatic heterocycles. The van der Waals surface area contributed by atoms with Gasteiger partial charge in [0.25, 0.3) is 5.91 Å². The average Bonchev–Trinajstić information content (AvgIpc) is 3.22. The third-order valence-corrected chi connectivity index (χ3v) is 6.87. The van der Waals surface area contributed by atoms with Crippen LogP contribution < -0.4 is 10.6 Å². The molecule has 2 fully saturated rings. The van der Waals surface area contributed by atoms with E-state index in [1.165, 1.54) is 11.1 Å². The van der Waals surface area contributed by atoms with E-state index in [0.717, 1.165) is 12.1 Å². The zero-order valence-corrected chi connectivity index (χ0v) is 21.0. The minimum absolute atomic E-state index is 0.000207. The highest BCUT2D eigenvalue weighted by Gasteiger charge is 2.42. The van der Waals surface area contributed by atoms with Gasteiger partial charge >= 0.3 is 6.18 Å². The van der Waals surface area contributed by atoms with Gasteiger partial charge in [-0.3, -0.25) is 14.6 Å². The van der Waals surface area contributed by atoms with E-state index in [1.54, 1.807) is 13.0 Å². The van der Waals surface area contributed by atoms with Crippen LogP contribution in [0, 0.1) is 24.6 Å². The second-order valence-corrected chi connectivity index (χ2v) is 9.85.